The maximum Gasteiger partial charge on any atom is 0.337 e. The van der Waals surface area contributed by atoms with Crippen LogP contribution in [-0.4, -0.2) is 34.6 Å². The second kappa shape index (κ2) is 7.66. The second-order valence-corrected chi connectivity index (χ2v) is 7.35. The molecule has 0 saturated heterocycles. The number of hydrogen-bond acceptors (Lipinski definition) is 6. The van der Waals surface area contributed by atoms with Crippen molar-refractivity contribution in [3.63, 3.8) is 0 Å². The minimum Gasteiger partial charge on any atom is -0.465 e. The highest BCUT2D eigenvalue weighted by Crippen LogP contribution is 2.25. The Morgan fingerprint density at radius 1 is 0.960 bits per heavy atom. The van der Waals surface area contributed by atoms with E-state index in [9.17, 15) is 18.0 Å². The Morgan fingerprint density at radius 2 is 1.48 bits per heavy atom. The van der Waals surface area contributed by atoms with Gasteiger partial charge in [0.25, 0.3) is 10.0 Å². The summed E-state index contributed by atoms with van der Waals surface area (Å²) in [4.78, 5) is 23.3. The van der Waals surface area contributed by atoms with Gasteiger partial charge in [-0.15, -0.1) is 0 Å². The third-order valence-electron chi connectivity index (χ3n) is 3.18. The molecule has 1 N–H and O–H groups in total. The van der Waals surface area contributed by atoms with Gasteiger partial charge in [-0.2, -0.15) is 0 Å². The van der Waals surface area contributed by atoms with Crippen molar-refractivity contribution in [1.82, 2.24) is 0 Å². The number of esters is 2. The summed E-state index contributed by atoms with van der Waals surface area (Å²) in [6, 6.07) is 10.1. The van der Waals surface area contributed by atoms with E-state index in [2.05, 4.69) is 30.1 Å². The topological polar surface area (TPSA) is 98.8 Å². The van der Waals surface area contributed by atoms with Gasteiger partial charge in [-0.05, 0) is 46.3 Å². The maximum absolute atomic E-state index is 12.6. The van der Waals surface area contributed by atoms with Crippen LogP contribution in [0.15, 0.2) is 51.8 Å². The number of methoxy groups -OCH3 is 2. The van der Waals surface area contributed by atoms with Gasteiger partial charge in [-0.25, -0.2) is 18.0 Å². The molecule has 0 heterocycles. The fraction of sp³-hybridized carbons (Fsp3) is 0.125. The molecule has 2 rings (SSSR count). The number of nitrogens with one attached hydrogen (secondary N) is 1. The van der Waals surface area contributed by atoms with Gasteiger partial charge in [-0.1, -0.05) is 12.1 Å². The number of carbonyl (C=O) groups excluding carboxylic acids is 2. The van der Waals surface area contributed by atoms with Gasteiger partial charge in [0.1, 0.15) is 0 Å². The van der Waals surface area contributed by atoms with Crippen LogP contribution < -0.4 is 4.72 Å². The highest BCUT2D eigenvalue weighted by atomic mass is 79.9. The molecule has 0 saturated carbocycles. The zero-order chi connectivity index (χ0) is 18.6. The lowest BCUT2D eigenvalue weighted by molar-refractivity contribution is 0.0598. The summed E-state index contributed by atoms with van der Waals surface area (Å²) >= 11 is 3.24. The van der Waals surface area contributed by atoms with Crippen LogP contribution in [-0.2, 0) is 19.5 Å². The minimum atomic E-state index is -4.06. The SMILES string of the molecule is COC(=O)c1cc(C(=O)OC)cc(S(=O)(=O)Nc2ccccc2Br)c1. The largest absolute Gasteiger partial charge is 0.465 e. The smallest absolute Gasteiger partial charge is 0.337 e. The first kappa shape index (κ1) is 18.9. The van der Waals surface area contributed by atoms with Crippen molar-refractivity contribution < 1.29 is 27.5 Å². The Morgan fingerprint density at radius 3 is 1.96 bits per heavy atom. The van der Waals surface area contributed by atoms with E-state index in [0.717, 1.165) is 26.4 Å². The lowest BCUT2D eigenvalue weighted by Gasteiger charge is -2.12. The van der Waals surface area contributed by atoms with E-state index >= 15 is 0 Å². The molecule has 2 aromatic rings. The second-order valence-electron chi connectivity index (χ2n) is 4.81. The molecule has 0 aliphatic heterocycles. The van der Waals surface area contributed by atoms with Crippen LogP contribution >= 0.6 is 15.9 Å². The fourth-order valence-electron chi connectivity index (χ4n) is 1.97. The first-order valence-corrected chi connectivity index (χ1v) is 9.15. The summed E-state index contributed by atoms with van der Waals surface area (Å²) in [7, 11) is -1.75. The molecular weight excluding hydrogens is 414 g/mol. The first-order valence-electron chi connectivity index (χ1n) is 6.87. The molecule has 132 valence electrons. The van der Waals surface area contributed by atoms with Crippen molar-refractivity contribution in [2.24, 2.45) is 0 Å². The van der Waals surface area contributed by atoms with E-state index in [1.54, 1.807) is 24.3 Å². The zero-order valence-corrected chi connectivity index (χ0v) is 15.7. The number of halogens is 1. The Bertz CT molecular complexity index is 892. The Kier molecular flexibility index (Phi) is 5.81. The van der Waals surface area contributed by atoms with E-state index in [1.165, 1.54) is 6.07 Å². The van der Waals surface area contributed by atoms with Crippen molar-refractivity contribution in [2.45, 2.75) is 4.90 Å². The fourth-order valence-corrected chi connectivity index (χ4v) is 3.64. The average Bonchev–Trinajstić information content (AvgIpc) is 2.61. The normalized spacial score (nSPS) is 10.8. The lowest BCUT2D eigenvalue weighted by atomic mass is 10.1. The first-order chi connectivity index (χ1) is 11.8. The number of carbonyl (C=O) groups is 2. The zero-order valence-electron chi connectivity index (χ0n) is 13.3. The number of rotatable bonds is 5. The van der Waals surface area contributed by atoms with Gasteiger partial charge in [0.2, 0.25) is 0 Å². The van der Waals surface area contributed by atoms with Crippen LogP contribution in [0.25, 0.3) is 0 Å². The number of ether oxygens (including phenoxy) is 2. The molecule has 0 fully saturated rings. The van der Waals surface area contributed by atoms with Crippen molar-refractivity contribution >= 4 is 43.6 Å². The molecule has 0 unspecified atom stereocenters. The van der Waals surface area contributed by atoms with Crippen LogP contribution in [0.3, 0.4) is 0 Å². The molecular formula is C16H14BrNO6S. The third kappa shape index (κ3) is 4.37. The summed E-state index contributed by atoms with van der Waals surface area (Å²) in [5, 5.41) is 0. The molecule has 0 aliphatic rings. The van der Waals surface area contributed by atoms with E-state index in [4.69, 9.17) is 0 Å². The average molecular weight is 428 g/mol. The Hall–Kier alpha value is -2.39. The molecule has 0 amide bonds. The number of para-hydroxylation sites is 1. The quantitative estimate of drug-likeness (QED) is 0.736. The molecule has 0 radical (unpaired) electrons. The van der Waals surface area contributed by atoms with Gasteiger partial charge in [0, 0.05) is 4.47 Å². The predicted octanol–water partition coefficient (Wildman–Crippen LogP) is 2.82. The van der Waals surface area contributed by atoms with Crippen LogP contribution in [0.1, 0.15) is 20.7 Å². The predicted molar refractivity (Wildman–Crippen MR) is 94.1 cm³/mol. The standard InChI is InChI=1S/C16H14BrNO6S/c1-23-15(19)10-7-11(16(20)24-2)9-12(8-10)25(21,22)18-14-6-4-3-5-13(14)17/h3-9,18H,1-2H3. The summed E-state index contributed by atoms with van der Waals surface area (Å²) in [5.41, 5.74) is 0.140. The van der Waals surface area contributed by atoms with Crippen LogP contribution in [0.4, 0.5) is 5.69 Å². The number of sulfonamides is 1. The summed E-state index contributed by atoms with van der Waals surface area (Å²) in [6.07, 6.45) is 0. The maximum atomic E-state index is 12.6. The van der Waals surface area contributed by atoms with Crippen molar-refractivity contribution in [3.05, 3.63) is 58.1 Å². The van der Waals surface area contributed by atoms with Gasteiger partial charge in [-0.3, -0.25) is 4.72 Å². The van der Waals surface area contributed by atoms with Gasteiger partial charge >= 0.3 is 11.9 Å². The molecule has 0 aliphatic carbocycles. The van der Waals surface area contributed by atoms with Crippen molar-refractivity contribution in [3.8, 4) is 0 Å². The van der Waals surface area contributed by atoms with Crippen molar-refractivity contribution in [2.75, 3.05) is 18.9 Å². The third-order valence-corrected chi connectivity index (χ3v) is 5.21. The molecule has 25 heavy (non-hydrogen) atoms. The molecule has 0 bridgehead atoms. The Balaban J connectivity index is 2.54. The van der Waals surface area contributed by atoms with E-state index in [-0.39, 0.29) is 16.0 Å². The van der Waals surface area contributed by atoms with Crippen LogP contribution in [0, 0.1) is 0 Å². The summed E-state index contributed by atoms with van der Waals surface area (Å²) in [5.74, 6) is -1.55. The lowest BCUT2D eigenvalue weighted by Crippen LogP contribution is -2.16. The Labute approximate surface area is 153 Å². The monoisotopic (exact) mass is 427 g/mol. The van der Waals surface area contributed by atoms with E-state index in [1.807, 2.05) is 0 Å². The molecule has 2 aromatic carbocycles. The summed E-state index contributed by atoms with van der Waals surface area (Å²) in [6.45, 7) is 0. The molecule has 0 spiro atoms. The highest BCUT2D eigenvalue weighted by Gasteiger charge is 2.21. The van der Waals surface area contributed by atoms with Crippen molar-refractivity contribution in [1.29, 1.82) is 0 Å². The summed E-state index contributed by atoms with van der Waals surface area (Å²) < 4.78 is 37.4. The molecule has 9 heteroatoms. The number of benzene rings is 2. The van der Waals surface area contributed by atoms with Gasteiger partial charge in [0.05, 0.1) is 35.9 Å². The van der Waals surface area contributed by atoms with Gasteiger partial charge < -0.3 is 9.47 Å². The van der Waals surface area contributed by atoms with Crippen LogP contribution in [0.2, 0.25) is 0 Å². The van der Waals surface area contributed by atoms with E-state index < -0.39 is 22.0 Å². The number of hydrogen-bond donors (Lipinski definition) is 1. The van der Waals surface area contributed by atoms with Crippen LogP contribution in [0.5, 0.6) is 0 Å². The molecule has 0 atom stereocenters. The molecule has 0 aromatic heterocycles. The number of anilines is 1. The minimum absolute atomic E-state index is 0.0853. The van der Waals surface area contributed by atoms with E-state index in [0.29, 0.717) is 10.2 Å². The molecule has 7 nitrogen and oxygen atoms in total. The van der Waals surface area contributed by atoms with Gasteiger partial charge in [0.15, 0.2) is 0 Å². The highest BCUT2D eigenvalue weighted by molar-refractivity contribution is 9.10.